The van der Waals surface area contributed by atoms with Gasteiger partial charge in [-0.25, -0.2) is 8.42 Å². The number of piperidine rings is 1. The number of hydrogen-bond donors (Lipinski definition) is 0. The van der Waals surface area contributed by atoms with E-state index in [1.807, 2.05) is 0 Å². The molecule has 1 aromatic carbocycles. The lowest BCUT2D eigenvalue weighted by Gasteiger charge is -2.36. The molecule has 0 aliphatic carbocycles. The molecule has 1 aliphatic heterocycles. The van der Waals surface area contributed by atoms with Crippen LogP contribution in [0.2, 0.25) is 5.02 Å². The Morgan fingerprint density at radius 2 is 1.86 bits per heavy atom. The Morgan fingerprint density at radius 1 is 1.29 bits per heavy atom. The van der Waals surface area contributed by atoms with E-state index < -0.39 is 14.9 Å². The Kier molecular flexibility index (Phi) is 4.28. The van der Waals surface area contributed by atoms with E-state index in [0.29, 0.717) is 13.1 Å². The Bertz CT molecular complexity index is 663. The second-order valence-corrected chi connectivity index (χ2v) is 8.25. The van der Waals surface area contributed by atoms with Gasteiger partial charge in [0.05, 0.1) is 9.95 Å². The highest BCUT2D eigenvalue weighted by Crippen LogP contribution is 2.34. The molecule has 1 fully saturated rings. The summed E-state index contributed by atoms with van der Waals surface area (Å²) < 4.78 is 26.6. The van der Waals surface area contributed by atoms with Crippen LogP contribution < -0.4 is 0 Å². The Hall–Kier alpha value is -1.18. The molecule has 0 spiro atoms. The number of non-ortho nitro benzene ring substituents is 1. The number of nitro groups is 1. The number of hydrogen-bond acceptors (Lipinski definition) is 4. The first-order valence-corrected chi connectivity index (χ1v) is 8.39. The predicted molar refractivity (Wildman–Crippen MR) is 79.9 cm³/mol. The summed E-state index contributed by atoms with van der Waals surface area (Å²) in [4.78, 5) is 9.98. The molecule has 6 nitrogen and oxygen atoms in total. The van der Waals surface area contributed by atoms with E-state index in [4.69, 9.17) is 11.6 Å². The van der Waals surface area contributed by atoms with Crippen molar-refractivity contribution < 1.29 is 13.3 Å². The molecule has 0 bridgehead atoms. The quantitative estimate of drug-likeness (QED) is 0.629. The normalized spacial score (nSPS) is 19.4. The molecule has 1 saturated heterocycles. The number of rotatable bonds is 3. The molecule has 0 saturated carbocycles. The van der Waals surface area contributed by atoms with Gasteiger partial charge in [0.25, 0.3) is 5.69 Å². The van der Waals surface area contributed by atoms with Crippen molar-refractivity contribution >= 4 is 27.3 Å². The van der Waals surface area contributed by atoms with Gasteiger partial charge in [0.2, 0.25) is 10.0 Å². The molecule has 0 N–H and O–H groups in total. The first kappa shape index (κ1) is 16.2. The summed E-state index contributed by atoms with van der Waals surface area (Å²) in [5.41, 5.74) is -0.172. The lowest BCUT2D eigenvalue weighted by atomic mass is 9.83. The molecule has 0 amide bonds. The largest absolute Gasteiger partial charge is 0.270 e. The number of sulfonamides is 1. The summed E-state index contributed by atoms with van der Waals surface area (Å²) in [5.74, 6) is 0. The zero-order valence-corrected chi connectivity index (χ0v) is 13.4. The molecule has 1 aliphatic rings. The van der Waals surface area contributed by atoms with Gasteiger partial charge in [-0.15, -0.1) is 0 Å². The fourth-order valence-electron chi connectivity index (χ4n) is 2.27. The standard InChI is InChI=1S/C13H17ClN2O4S/c1-13(2)5-7-15(8-6-13)21(19,20)12-9-10(16(17)18)3-4-11(12)14/h3-4,9H,5-8H2,1-2H3. The number of nitro benzene ring substituents is 1. The van der Waals surface area contributed by atoms with Crippen molar-refractivity contribution in [3.05, 3.63) is 33.3 Å². The van der Waals surface area contributed by atoms with Crippen LogP contribution in [0.4, 0.5) is 5.69 Å². The van der Waals surface area contributed by atoms with Crippen molar-refractivity contribution in [3.8, 4) is 0 Å². The van der Waals surface area contributed by atoms with Crippen LogP contribution >= 0.6 is 11.6 Å². The van der Waals surface area contributed by atoms with Gasteiger partial charge in [-0.05, 0) is 24.3 Å². The maximum absolute atomic E-state index is 12.6. The van der Waals surface area contributed by atoms with E-state index in [1.54, 1.807) is 0 Å². The summed E-state index contributed by atoms with van der Waals surface area (Å²) in [6.45, 7) is 4.98. The van der Waals surface area contributed by atoms with Crippen LogP contribution in [0.15, 0.2) is 23.1 Å². The highest BCUT2D eigenvalue weighted by atomic mass is 35.5. The molecule has 0 unspecified atom stereocenters. The highest BCUT2D eigenvalue weighted by Gasteiger charge is 2.34. The van der Waals surface area contributed by atoms with Gasteiger partial charge in [-0.3, -0.25) is 10.1 Å². The van der Waals surface area contributed by atoms with Crippen LogP contribution in [-0.4, -0.2) is 30.7 Å². The number of nitrogens with zero attached hydrogens (tertiary/aromatic N) is 2. The first-order valence-electron chi connectivity index (χ1n) is 6.58. The van der Waals surface area contributed by atoms with Crippen molar-refractivity contribution in [2.24, 2.45) is 5.41 Å². The molecule has 2 rings (SSSR count). The van der Waals surface area contributed by atoms with Gasteiger partial charge in [-0.2, -0.15) is 4.31 Å². The molecule has 116 valence electrons. The second kappa shape index (κ2) is 5.55. The molecule has 1 aromatic rings. The Labute approximate surface area is 128 Å². The predicted octanol–water partition coefficient (Wildman–Crippen LogP) is 3.06. The molecular formula is C13H17ClN2O4S. The lowest BCUT2D eigenvalue weighted by molar-refractivity contribution is -0.385. The molecule has 0 radical (unpaired) electrons. The summed E-state index contributed by atoms with van der Waals surface area (Å²) in [6.07, 6.45) is 1.50. The highest BCUT2D eigenvalue weighted by molar-refractivity contribution is 7.89. The van der Waals surface area contributed by atoms with E-state index in [2.05, 4.69) is 13.8 Å². The van der Waals surface area contributed by atoms with Gasteiger partial charge in [0, 0.05) is 25.2 Å². The Balaban J connectivity index is 2.36. The summed E-state index contributed by atoms with van der Waals surface area (Å²) >= 11 is 5.93. The molecule has 1 heterocycles. The minimum absolute atomic E-state index is 0.00503. The van der Waals surface area contributed by atoms with Crippen LogP contribution in [-0.2, 0) is 10.0 Å². The number of halogens is 1. The third-order valence-electron chi connectivity index (χ3n) is 3.82. The zero-order chi connectivity index (χ0) is 15.8. The lowest BCUT2D eigenvalue weighted by Crippen LogP contribution is -2.41. The summed E-state index contributed by atoms with van der Waals surface area (Å²) in [7, 11) is -3.80. The summed E-state index contributed by atoms with van der Waals surface area (Å²) in [6, 6.07) is 3.47. The van der Waals surface area contributed by atoms with Crippen molar-refractivity contribution in [2.75, 3.05) is 13.1 Å². The monoisotopic (exact) mass is 332 g/mol. The zero-order valence-electron chi connectivity index (χ0n) is 11.9. The first-order chi connectivity index (χ1) is 9.63. The van der Waals surface area contributed by atoms with Gasteiger partial charge in [0.1, 0.15) is 4.90 Å². The maximum atomic E-state index is 12.6. The third kappa shape index (κ3) is 3.36. The van der Waals surface area contributed by atoms with E-state index >= 15 is 0 Å². The molecule has 0 aromatic heterocycles. The minimum atomic E-state index is -3.80. The van der Waals surface area contributed by atoms with Crippen molar-refractivity contribution in [1.82, 2.24) is 4.31 Å². The van der Waals surface area contributed by atoms with Gasteiger partial charge < -0.3 is 0 Å². The third-order valence-corrected chi connectivity index (χ3v) is 6.20. The van der Waals surface area contributed by atoms with Crippen molar-refractivity contribution in [3.63, 3.8) is 0 Å². The van der Waals surface area contributed by atoms with Crippen molar-refractivity contribution in [2.45, 2.75) is 31.6 Å². The van der Waals surface area contributed by atoms with Crippen LogP contribution in [0.3, 0.4) is 0 Å². The second-order valence-electron chi connectivity index (χ2n) is 5.94. The van der Waals surface area contributed by atoms with E-state index in [-0.39, 0.29) is 21.0 Å². The van der Waals surface area contributed by atoms with E-state index in [1.165, 1.54) is 16.4 Å². The molecule has 8 heteroatoms. The van der Waals surface area contributed by atoms with Crippen LogP contribution in [0, 0.1) is 15.5 Å². The number of benzene rings is 1. The average molecular weight is 333 g/mol. The Morgan fingerprint density at radius 3 is 2.38 bits per heavy atom. The molecular weight excluding hydrogens is 316 g/mol. The minimum Gasteiger partial charge on any atom is -0.258 e. The smallest absolute Gasteiger partial charge is 0.258 e. The average Bonchev–Trinajstić information content (AvgIpc) is 2.38. The van der Waals surface area contributed by atoms with E-state index in [9.17, 15) is 18.5 Å². The van der Waals surface area contributed by atoms with Gasteiger partial charge in [0.15, 0.2) is 0 Å². The van der Waals surface area contributed by atoms with Gasteiger partial charge >= 0.3 is 0 Å². The summed E-state index contributed by atoms with van der Waals surface area (Å²) in [5, 5.41) is 10.8. The maximum Gasteiger partial charge on any atom is 0.270 e. The van der Waals surface area contributed by atoms with Crippen LogP contribution in [0.1, 0.15) is 26.7 Å². The molecule has 21 heavy (non-hydrogen) atoms. The van der Waals surface area contributed by atoms with Crippen molar-refractivity contribution in [1.29, 1.82) is 0 Å². The van der Waals surface area contributed by atoms with Gasteiger partial charge in [-0.1, -0.05) is 25.4 Å². The van der Waals surface area contributed by atoms with Crippen LogP contribution in [0.25, 0.3) is 0 Å². The SMILES string of the molecule is CC1(C)CCN(S(=O)(=O)c2cc([N+](=O)[O-])ccc2Cl)CC1. The fourth-order valence-corrected chi connectivity index (χ4v) is 4.21. The van der Waals surface area contributed by atoms with Crippen LogP contribution in [0.5, 0.6) is 0 Å². The van der Waals surface area contributed by atoms with E-state index in [0.717, 1.165) is 18.9 Å². The fraction of sp³-hybridized carbons (Fsp3) is 0.538. The topological polar surface area (TPSA) is 80.5 Å². The molecule has 0 atom stereocenters.